The van der Waals surface area contributed by atoms with Crippen molar-refractivity contribution >= 4 is 61.0 Å². The number of fused-ring (bicyclic) bond motifs is 5. The van der Waals surface area contributed by atoms with Crippen molar-refractivity contribution in [2.24, 2.45) is 23.7 Å². The number of amides is 3. The number of imide groups is 1. The summed E-state index contributed by atoms with van der Waals surface area (Å²) in [5.74, 6) is 0.0184. The number of methoxy groups -OCH3 is 2. The van der Waals surface area contributed by atoms with Crippen LogP contribution in [0.15, 0.2) is 42.5 Å². The molecule has 3 fully saturated rings. The minimum atomic E-state index is -0.374. The molecule has 2 aliphatic carbocycles. The van der Waals surface area contributed by atoms with Crippen LogP contribution in [0.1, 0.15) is 16.8 Å². The van der Waals surface area contributed by atoms with Crippen molar-refractivity contribution in [2.45, 2.75) is 16.1 Å². The predicted octanol–water partition coefficient (Wildman–Crippen LogP) is 4.24. The van der Waals surface area contributed by atoms with Gasteiger partial charge in [0.15, 0.2) is 0 Å². The number of nitrogens with one attached hydrogen (secondary N) is 1. The van der Waals surface area contributed by atoms with E-state index in [4.69, 9.17) is 9.47 Å². The third-order valence-electron chi connectivity index (χ3n) is 7.01. The second kappa shape index (κ2) is 8.43. The number of alkyl halides is 2. The topological polar surface area (TPSA) is 84.9 Å². The Bertz CT molecular complexity index is 1120. The molecule has 9 heteroatoms. The molecular formula is C24H22Br2N2O5. The molecule has 1 heterocycles. The molecule has 2 bridgehead atoms. The molecule has 1 aliphatic heterocycles. The van der Waals surface area contributed by atoms with E-state index in [9.17, 15) is 14.4 Å². The molecule has 0 radical (unpaired) electrons. The standard InChI is InChI=1S/C24H22Br2N2O5/c1-32-13-6-7-16(17(9-13)33-2)27-22(29)11-4-3-5-12(8-11)28-23(30)18-14-10-15(19(18)24(28)31)21(26)20(14)25/h3-9,14-15,18-21H,10H2,1-2H3,(H,27,29)/t14-,15-,18-,19+,20-,21+/m1/s1. The van der Waals surface area contributed by atoms with Gasteiger partial charge >= 0.3 is 0 Å². The van der Waals surface area contributed by atoms with Crippen LogP contribution in [0.5, 0.6) is 11.5 Å². The summed E-state index contributed by atoms with van der Waals surface area (Å²) in [5, 5.41) is 2.82. The zero-order valence-electron chi connectivity index (χ0n) is 18.0. The van der Waals surface area contributed by atoms with E-state index in [2.05, 4.69) is 37.2 Å². The smallest absolute Gasteiger partial charge is 0.255 e. The van der Waals surface area contributed by atoms with Crippen molar-refractivity contribution in [3.63, 3.8) is 0 Å². The molecule has 33 heavy (non-hydrogen) atoms. The molecule has 3 amide bonds. The number of nitrogens with zero attached hydrogens (tertiary/aromatic N) is 1. The van der Waals surface area contributed by atoms with E-state index in [1.54, 1.807) is 49.6 Å². The lowest BCUT2D eigenvalue weighted by atomic mass is 9.81. The summed E-state index contributed by atoms with van der Waals surface area (Å²) in [6.07, 6.45) is 0.874. The molecular weight excluding hydrogens is 556 g/mol. The van der Waals surface area contributed by atoms with Crippen LogP contribution in [0.2, 0.25) is 0 Å². The van der Waals surface area contributed by atoms with Crippen LogP contribution in [0.25, 0.3) is 0 Å². The van der Waals surface area contributed by atoms with Gasteiger partial charge in [-0.25, -0.2) is 0 Å². The molecule has 5 rings (SSSR count). The molecule has 3 aliphatic rings. The molecule has 6 atom stereocenters. The summed E-state index contributed by atoms with van der Waals surface area (Å²) in [6.45, 7) is 0. The fourth-order valence-electron chi connectivity index (χ4n) is 5.49. The normalized spacial score (nSPS) is 29.9. The first-order valence-corrected chi connectivity index (χ1v) is 12.5. The molecule has 172 valence electrons. The van der Waals surface area contributed by atoms with Crippen molar-refractivity contribution in [1.82, 2.24) is 0 Å². The predicted molar refractivity (Wildman–Crippen MR) is 130 cm³/mol. The average molecular weight is 578 g/mol. The quantitative estimate of drug-likeness (QED) is 0.424. The van der Waals surface area contributed by atoms with E-state index in [0.29, 0.717) is 28.4 Å². The number of carbonyl (C=O) groups is 3. The highest BCUT2D eigenvalue weighted by molar-refractivity contribution is 9.12. The molecule has 1 saturated heterocycles. The lowest BCUT2D eigenvalue weighted by molar-refractivity contribution is -0.123. The number of hydrogen-bond acceptors (Lipinski definition) is 5. The first-order valence-electron chi connectivity index (χ1n) is 10.6. The molecule has 2 aromatic carbocycles. The summed E-state index contributed by atoms with van der Waals surface area (Å²) in [6, 6.07) is 11.7. The Morgan fingerprint density at radius 3 is 2.24 bits per heavy atom. The Balaban J connectivity index is 1.40. The van der Waals surface area contributed by atoms with Gasteiger partial charge in [0, 0.05) is 21.3 Å². The van der Waals surface area contributed by atoms with Gasteiger partial charge in [0.2, 0.25) is 11.8 Å². The average Bonchev–Trinajstić information content (AvgIpc) is 3.44. The number of halogens is 2. The summed E-state index contributed by atoms with van der Waals surface area (Å²) < 4.78 is 10.5. The Kier molecular flexibility index (Phi) is 5.73. The number of anilines is 2. The van der Waals surface area contributed by atoms with Gasteiger partial charge in [-0.15, -0.1) is 0 Å². The SMILES string of the molecule is COc1ccc(NC(=O)c2cccc(N3C(=O)[C@@H]4[C@H]5C[C@@H]([C@H](Br)[C@@H]5Br)[C@@H]4C3=O)c2)c(OC)c1. The van der Waals surface area contributed by atoms with Crippen LogP contribution < -0.4 is 19.7 Å². The van der Waals surface area contributed by atoms with Gasteiger partial charge in [0.25, 0.3) is 5.91 Å². The van der Waals surface area contributed by atoms with Gasteiger partial charge < -0.3 is 14.8 Å². The number of ether oxygens (including phenoxy) is 2. The van der Waals surface area contributed by atoms with Crippen molar-refractivity contribution in [2.75, 3.05) is 24.4 Å². The van der Waals surface area contributed by atoms with Crippen molar-refractivity contribution in [3.8, 4) is 11.5 Å². The van der Waals surface area contributed by atoms with E-state index in [-0.39, 0.29) is 51.0 Å². The summed E-state index contributed by atoms with van der Waals surface area (Å²) in [7, 11) is 3.06. The van der Waals surface area contributed by atoms with E-state index in [0.717, 1.165) is 6.42 Å². The number of benzene rings is 2. The first-order chi connectivity index (χ1) is 15.8. The van der Waals surface area contributed by atoms with Crippen LogP contribution in [0, 0.1) is 23.7 Å². The van der Waals surface area contributed by atoms with E-state index in [1.165, 1.54) is 12.0 Å². The van der Waals surface area contributed by atoms with Crippen molar-refractivity contribution < 1.29 is 23.9 Å². The summed E-state index contributed by atoms with van der Waals surface area (Å²) in [5.41, 5.74) is 1.24. The largest absolute Gasteiger partial charge is 0.497 e. The zero-order chi connectivity index (χ0) is 23.4. The highest BCUT2D eigenvalue weighted by Crippen LogP contribution is 2.60. The maximum atomic E-state index is 13.3. The minimum absolute atomic E-state index is 0.139. The Morgan fingerprint density at radius 2 is 1.64 bits per heavy atom. The van der Waals surface area contributed by atoms with Gasteiger partial charge in [-0.3, -0.25) is 19.3 Å². The highest BCUT2D eigenvalue weighted by Gasteiger charge is 2.66. The Hall–Kier alpha value is -2.39. The monoisotopic (exact) mass is 576 g/mol. The molecule has 2 saturated carbocycles. The van der Waals surface area contributed by atoms with E-state index >= 15 is 0 Å². The maximum absolute atomic E-state index is 13.3. The third kappa shape index (κ3) is 3.47. The number of carbonyl (C=O) groups excluding carboxylic acids is 3. The van der Waals surface area contributed by atoms with E-state index < -0.39 is 0 Å². The Labute approximate surface area is 208 Å². The summed E-state index contributed by atoms with van der Waals surface area (Å²) >= 11 is 7.41. The van der Waals surface area contributed by atoms with Crippen LogP contribution >= 0.6 is 31.9 Å². The number of hydrogen-bond donors (Lipinski definition) is 1. The van der Waals surface area contributed by atoms with Gasteiger partial charge in [0.1, 0.15) is 11.5 Å². The van der Waals surface area contributed by atoms with Crippen molar-refractivity contribution in [3.05, 3.63) is 48.0 Å². The highest BCUT2D eigenvalue weighted by atomic mass is 79.9. The van der Waals surface area contributed by atoms with Gasteiger partial charge in [0.05, 0.1) is 37.4 Å². The van der Waals surface area contributed by atoms with Gasteiger partial charge in [-0.2, -0.15) is 0 Å². The summed E-state index contributed by atoms with van der Waals surface area (Å²) in [4.78, 5) is 41.2. The van der Waals surface area contributed by atoms with Gasteiger partial charge in [-0.1, -0.05) is 37.9 Å². The fraction of sp³-hybridized carbons (Fsp3) is 0.375. The second-order valence-corrected chi connectivity index (χ2v) is 10.7. The van der Waals surface area contributed by atoms with Crippen molar-refractivity contribution in [1.29, 1.82) is 0 Å². The first kappa shape index (κ1) is 22.4. The second-order valence-electron chi connectivity index (χ2n) is 8.59. The third-order valence-corrected chi connectivity index (χ3v) is 10.2. The minimum Gasteiger partial charge on any atom is -0.497 e. The Morgan fingerprint density at radius 1 is 0.970 bits per heavy atom. The van der Waals surface area contributed by atoms with E-state index in [1.807, 2.05) is 0 Å². The zero-order valence-corrected chi connectivity index (χ0v) is 21.1. The molecule has 7 nitrogen and oxygen atoms in total. The lowest BCUT2D eigenvalue weighted by Crippen LogP contribution is -2.37. The lowest BCUT2D eigenvalue weighted by Gasteiger charge is -2.28. The van der Waals surface area contributed by atoms with Gasteiger partial charge in [-0.05, 0) is 48.6 Å². The fourth-order valence-corrected chi connectivity index (χ4v) is 7.36. The van der Waals surface area contributed by atoms with Crippen LogP contribution in [0.3, 0.4) is 0 Å². The molecule has 1 N–H and O–H groups in total. The molecule has 0 spiro atoms. The van der Waals surface area contributed by atoms with Crippen LogP contribution in [-0.2, 0) is 9.59 Å². The maximum Gasteiger partial charge on any atom is 0.255 e. The molecule has 0 unspecified atom stereocenters. The number of rotatable bonds is 5. The van der Waals surface area contributed by atoms with Crippen LogP contribution in [0.4, 0.5) is 11.4 Å². The molecule has 2 aromatic rings. The van der Waals surface area contributed by atoms with Crippen LogP contribution in [-0.4, -0.2) is 41.6 Å². The molecule has 0 aromatic heterocycles.